The number of hydrogen-bond donors (Lipinski definition) is 3. The minimum atomic E-state index is -2.21. The molecule has 2 aromatic rings. The number of carbonyl (C=O) groups excluding carboxylic acids is 2. The lowest BCUT2D eigenvalue weighted by molar-refractivity contribution is -0.131. The van der Waals surface area contributed by atoms with Gasteiger partial charge in [-0.2, -0.15) is 0 Å². The van der Waals surface area contributed by atoms with Gasteiger partial charge in [-0.1, -0.05) is 48.5 Å². The molecule has 0 aliphatic heterocycles. The fourth-order valence-corrected chi connectivity index (χ4v) is 3.52. The highest BCUT2D eigenvalue weighted by atomic mass is 19.1. The molecule has 174 valence electrons. The summed E-state index contributed by atoms with van der Waals surface area (Å²) in [7, 11) is 1.55. The minimum absolute atomic E-state index is 0.0933. The summed E-state index contributed by atoms with van der Waals surface area (Å²) in [6, 6.07) is 17.1. The van der Waals surface area contributed by atoms with E-state index in [0.717, 1.165) is 18.1 Å². The molecule has 0 aliphatic rings. The van der Waals surface area contributed by atoms with E-state index in [1.54, 1.807) is 13.2 Å². The monoisotopic (exact) mass is 444 g/mol. The molecule has 0 saturated carbocycles. The van der Waals surface area contributed by atoms with E-state index in [1.165, 1.54) is 0 Å². The first kappa shape index (κ1) is 25.3. The maximum Gasteiger partial charge on any atom is 0.254 e. The molecular weight excluding hydrogens is 411 g/mol. The number of amides is 2. The van der Waals surface area contributed by atoms with E-state index in [2.05, 4.69) is 5.32 Å². The normalized spacial score (nSPS) is 14.8. The predicted molar refractivity (Wildman–Crippen MR) is 122 cm³/mol. The summed E-state index contributed by atoms with van der Waals surface area (Å²) < 4.78 is 19.7. The van der Waals surface area contributed by atoms with Crippen LogP contribution in [0.5, 0.6) is 5.75 Å². The Kier molecular flexibility index (Phi) is 9.65. The molecule has 0 aromatic heterocycles. The number of aliphatic hydroxyl groups excluding tert-OH is 1. The summed E-state index contributed by atoms with van der Waals surface area (Å²) in [4.78, 5) is 24.3. The number of para-hydroxylation sites is 1. The van der Waals surface area contributed by atoms with E-state index in [0.29, 0.717) is 18.6 Å². The van der Waals surface area contributed by atoms with Crippen LogP contribution in [0.1, 0.15) is 43.7 Å². The number of nitrogens with two attached hydrogens (primary N) is 1. The topological polar surface area (TPSA) is 102 Å². The van der Waals surface area contributed by atoms with Gasteiger partial charge >= 0.3 is 0 Å². The number of hydrogen-bond acceptors (Lipinski definition) is 4. The molecular formula is C25H33FN2O4. The van der Waals surface area contributed by atoms with Gasteiger partial charge in [0, 0.05) is 18.0 Å². The fourth-order valence-electron chi connectivity index (χ4n) is 3.52. The van der Waals surface area contributed by atoms with Crippen molar-refractivity contribution in [1.29, 1.82) is 0 Å². The second kappa shape index (κ2) is 12.2. The number of carbonyl (C=O) groups is 2. The molecule has 0 saturated heterocycles. The molecule has 0 bridgehead atoms. The number of aliphatic hydroxyl groups is 1. The molecule has 0 fully saturated rings. The van der Waals surface area contributed by atoms with Gasteiger partial charge in [-0.15, -0.1) is 0 Å². The van der Waals surface area contributed by atoms with Gasteiger partial charge in [0.25, 0.3) is 5.91 Å². The third kappa shape index (κ3) is 7.96. The van der Waals surface area contributed by atoms with Crippen LogP contribution in [0.3, 0.4) is 0 Å². The Bertz CT molecular complexity index is 873. The summed E-state index contributed by atoms with van der Waals surface area (Å²) >= 11 is 0. The lowest BCUT2D eigenvalue weighted by atomic mass is 9.88. The maximum absolute atomic E-state index is 14.4. The van der Waals surface area contributed by atoms with Crippen molar-refractivity contribution in [2.24, 2.45) is 11.7 Å². The van der Waals surface area contributed by atoms with Crippen LogP contribution in [0.4, 0.5) is 4.39 Å². The van der Waals surface area contributed by atoms with Crippen molar-refractivity contribution in [3.63, 3.8) is 0 Å². The molecule has 0 aliphatic carbocycles. The Hall–Kier alpha value is -2.93. The lowest BCUT2D eigenvalue weighted by Gasteiger charge is -2.23. The van der Waals surface area contributed by atoms with Crippen molar-refractivity contribution in [2.75, 3.05) is 7.11 Å². The van der Waals surface area contributed by atoms with E-state index < -0.39 is 23.6 Å². The van der Waals surface area contributed by atoms with Gasteiger partial charge in [-0.25, -0.2) is 4.39 Å². The van der Waals surface area contributed by atoms with Crippen LogP contribution in [0.2, 0.25) is 0 Å². The fraction of sp³-hybridized carbons (Fsp3) is 0.440. The number of halogens is 1. The number of ether oxygens (including phenoxy) is 1. The maximum atomic E-state index is 14.4. The number of methoxy groups -OCH3 is 1. The molecule has 4 N–H and O–H groups in total. The van der Waals surface area contributed by atoms with Crippen LogP contribution in [-0.4, -0.2) is 35.8 Å². The van der Waals surface area contributed by atoms with Gasteiger partial charge in [0.05, 0.1) is 13.2 Å². The van der Waals surface area contributed by atoms with E-state index >= 15 is 0 Å². The zero-order chi connectivity index (χ0) is 23.6. The Labute approximate surface area is 189 Å². The molecule has 2 amide bonds. The summed E-state index contributed by atoms with van der Waals surface area (Å²) in [6.45, 7) is 1.35. The van der Waals surface area contributed by atoms with Gasteiger partial charge in [0.15, 0.2) is 5.67 Å². The number of alkyl halides is 1. The minimum Gasteiger partial charge on any atom is -0.496 e. The van der Waals surface area contributed by atoms with Crippen LogP contribution in [-0.2, 0) is 22.6 Å². The molecule has 0 heterocycles. The van der Waals surface area contributed by atoms with E-state index in [4.69, 9.17) is 10.5 Å². The standard InChI is InChI=1S/C25H33FN2O4/c1-25(26,24(27)31)15-14-19(16-21(29)13-12-18-8-4-3-5-9-18)23(30)28-17-20-10-6-7-11-22(20)32-2/h3-11,19,21,29H,12-17H2,1-2H3,(H2,27,31)(H,28,30)/t19-,21+,25?/m1/s1. The van der Waals surface area contributed by atoms with E-state index in [-0.39, 0.29) is 31.7 Å². The number of nitrogens with one attached hydrogen (secondary N) is 1. The van der Waals surface area contributed by atoms with E-state index in [9.17, 15) is 19.1 Å². The number of aryl methyl sites for hydroxylation is 1. The van der Waals surface area contributed by atoms with Crippen molar-refractivity contribution in [2.45, 2.75) is 57.3 Å². The van der Waals surface area contributed by atoms with Crippen LogP contribution in [0, 0.1) is 5.92 Å². The van der Waals surface area contributed by atoms with Gasteiger partial charge < -0.3 is 20.9 Å². The first-order valence-corrected chi connectivity index (χ1v) is 10.8. The third-order valence-electron chi connectivity index (χ3n) is 5.66. The van der Waals surface area contributed by atoms with Crippen LogP contribution >= 0.6 is 0 Å². The first-order chi connectivity index (χ1) is 15.2. The van der Waals surface area contributed by atoms with E-state index in [1.807, 2.05) is 48.5 Å². The summed E-state index contributed by atoms with van der Waals surface area (Å²) in [5.74, 6) is -1.38. The smallest absolute Gasteiger partial charge is 0.254 e. The summed E-state index contributed by atoms with van der Waals surface area (Å²) in [5, 5.41) is 13.4. The second-order valence-corrected chi connectivity index (χ2v) is 8.24. The van der Waals surface area contributed by atoms with Crippen LogP contribution in [0.15, 0.2) is 54.6 Å². The highest BCUT2D eigenvalue weighted by Gasteiger charge is 2.33. The molecule has 2 rings (SSSR count). The highest BCUT2D eigenvalue weighted by molar-refractivity contribution is 5.83. The summed E-state index contributed by atoms with van der Waals surface area (Å²) in [6.07, 6.45) is 0.468. The van der Waals surface area contributed by atoms with Crippen LogP contribution in [0.25, 0.3) is 0 Å². The molecule has 32 heavy (non-hydrogen) atoms. The Morgan fingerprint density at radius 2 is 1.78 bits per heavy atom. The number of benzene rings is 2. The molecule has 3 atom stereocenters. The van der Waals surface area contributed by atoms with Gasteiger partial charge in [-0.3, -0.25) is 9.59 Å². The molecule has 7 heteroatoms. The molecule has 1 unspecified atom stereocenters. The first-order valence-electron chi connectivity index (χ1n) is 10.8. The summed E-state index contributed by atoms with van der Waals surface area (Å²) in [5.41, 5.74) is 4.82. The average Bonchev–Trinajstić information content (AvgIpc) is 2.79. The predicted octanol–water partition coefficient (Wildman–Crippen LogP) is 3.31. The van der Waals surface area contributed by atoms with Crippen LogP contribution < -0.4 is 15.8 Å². The lowest BCUT2D eigenvalue weighted by Crippen LogP contribution is -2.39. The largest absolute Gasteiger partial charge is 0.496 e. The Morgan fingerprint density at radius 1 is 1.12 bits per heavy atom. The number of primary amides is 1. The van der Waals surface area contributed by atoms with Gasteiger partial charge in [-0.05, 0) is 50.7 Å². The zero-order valence-electron chi connectivity index (χ0n) is 18.7. The van der Waals surface area contributed by atoms with Crippen molar-refractivity contribution < 1.29 is 23.8 Å². The average molecular weight is 445 g/mol. The van der Waals surface area contributed by atoms with Crippen molar-refractivity contribution >= 4 is 11.8 Å². The molecule has 2 aromatic carbocycles. The second-order valence-electron chi connectivity index (χ2n) is 8.24. The van der Waals surface area contributed by atoms with Gasteiger partial charge in [0.2, 0.25) is 5.91 Å². The molecule has 0 radical (unpaired) electrons. The zero-order valence-corrected chi connectivity index (χ0v) is 18.7. The highest BCUT2D eigenvalue weighted by Crippen LogP contribution is 2.25. The SMILES string of the molecule is COc1ccccc1CNC(=O)[C@H](CCC(C)(F)C(N)=O)C[C@@H](O)CCc1ccccc1. The Morgan fingerprint density at radius 3 is 2.44 bits per heavy atom. The molecule has 6 nitrogen and oxygen atoms in total. The van der Waals surface area contributed by atoms with Crippen molar-refractivity contribution in [3.8, 4) is 5.75 Å². The Balaban J connectivity index is 2.01. The molecule has 0 spiro atoms. The number of rotatable bonds is 13. The third-order valence-corrected chi connectivity index (χ3v) is 5.66. The van der Waals surface area contributed by atoms with Crippen molar-refractivity contribution in [3.05, 3.63) is 65.7 Å². The van der Waals surface area contributed by atoms with Gasteiger partial charge in [0.1, 0.15) is 5.75 Å². The van der Waals surface area contributed by atoms with Crippen molar-refractivity contribution in [1.82, 2.24) is 5.32 Å². The quantitative estimate of drug-likeness (QED) is 0.441.